The van der Waals surface area contributed by atoms with Gasteiger partial charge < -0.3 is 9.80 Å². The molecule has 116 valence electrons. The van der Waals surface area contributed by atoms with Crippen molar-refractivity contribution in [2.24, 2.45) is 0 Å². The van der Waals surface area contributed by atoms with Crippen molar-refractivity contribution in [3.8, 4) is 0 Å². The average molecular weight is 356 g/mol. The van der Waals surface area contributed by atoms with E-state index >= 15 is 0 Å². The predicted octanol–water partition coefficient (Wildman–Crippen LogP) is 2.60. The van der Waals surface area contributed by atoms with Gasteiger partial charge in [0.1, 0.15) is 6.54 Å². The Balaban J connectivity index is 1.58. The molecule has 0 aliphatic carbocycles. The zero-order chi connectivity index (χ0) is 15.5. The summed E-state index contributed by atoms with van der Waals surface area (Å²) >= 11 is 13.6. The zero-order valence-electron chi connectivity index (χ0n) is 12.0. The first-order chi connectivity index (χ1) is 10.6. The zero-order valence-corrected chi connectivity index (χ0v) is 14.3. The second kappa shape index (κ2) is 7.01. The first kappa shape index (κ1) is 15.8. The van der Waals surface area contributed by atoms with Crippen molar-refractivity contribution in [1.29, 1.82) is 0 Å². The fraction of sp³-hybridized carbons (Fsp3) is 0.312. The Hall–Kier alpha value is -1.07. The number of piperazine rings is 1. The molecule has 6 heteroatoms. The highest BCUT2D eigenvalue weighted by molar-refractivity contribution is 7.07. The topological polar surface area (TPSA) is 24.8 Å². The maximum absolute atomic E-state index is 12.5. The minimum absolute atomic E-state index is 0.0353. The number of quaternary nitrogens is 1. The van der Waals surface area contributed by atoms with Crippen molar-refractivity contribution in [2.75, 3.05) is 26.2 Å². The number of halogens is 2. The van der Waals surface area contributed by atoms with Gasteiger partial charge in [-0.2, -0.15) is 11.3 Å². The maximum atomic E-state index is 12.5. The molecule has 0 atom stereocenters. The van der Waals surface area contributed by atoms with Crippen LogP contribution < -0.4 is 4.90 Å². The number of rotatable bonds is 3. The summed E-state index contributed by atoms with van der Waals surface area (Å²) in [5.41, 5.74) is 1.99. The summed E-state index contributed by atoms with van der Waals surface area (Å²) in [6.45, 7) is 4.54. The third-order valence-electron chi connectivity index (χ3n) is 3.96. The lowest BCUT2D eigenvalue weighted by Gasteiger charge is -2.32. The van der Waals surface area contributed by atoms with Gasteiger partial charge in [-0.1, -0.05) is 23.2 Å². The van der Waals surface area contributed by atoms with Crippen LogP contribution in [0.3, 0.4) is 0 Å². The molecule has 1 fully saturated rings. The summed E-state index contributed by atoms with van der Waals surface area (Å²) in [4.78, 5) is 15.9. The van der Waals surface area contributed by atoms with E-state index < -0.39 is 0 Å². The lowest BCUT2D eigenvalue weighted by molar-refractivity contribution is -0.917. The van der Waals surface area contributed by atoms with Gasteiger partial charge in [0.25, 0.3) is 5.91 Å². The van der Waals surface area contributed by atoms with Crippen LogP contribution in [-0.4, -0.2) is 37.0 Å². The Bertz CT molecular complexity index is 652. The van der Waals surface area contributed by atoms with Crippen LogP contribution in [0.15, 0.2) is 35.0 Å². The molecular weight excluding hydrogens is 339 g/mol. The molecule has 1 aromatic carbocycles. The second-order valence-corrected chi connectivity index (χ2v) is 7.07. The number of nitrogens with zero attached hydrogens (tertiary/aromatic N) is 1. The van der Waals surface area contributed by atoms with Crippen molar-refractivity contribution in [1.82, 2.24) is 4.90 Å². The largest absolute Gasteiger partial charge is 0.328 e. The minimum Gasteiger partial charge on any atom is -0.328 e. The van der Waals surface area contributed by atoms with Crippen LogP contribution in [0, 0.1) is 0 Å². The van der Waals surface area contributed by atoms with Crippen LogP contribution in [0.5, 0.6) is 0 Å². The molecule has 0 spiro atoms. The molecule has 3 rings (SSSR count). The van der Waals surface area contributed by atoms with Crippen molar-refractivity contribution < 1.29 is 9.69 Å². The van der Waals surface area contributed by atoms with Gasteiger partial charge in [-0.25, -0.2) is 0 Å². The van der Waals surface area contributed by atoms with Gasteiger partial charge in [0.05, 0.1) is 36.2 Å². The second-order valence-electron chi connectivity index (χ2n) is 5.48. The Morgan fingerprint density at radius 2 is 1.95 bits per heavy atom. The van der Waals surface area contributed by atoms with E-state index in [2.05, 4.69) is 16.8 Å². The van der Waals surface area contributed by atoms with Crippen LogP contribution >= 0.6 is 34.5 Å². The molecular formula is C16H17Cl2N2OS+. The summed E-state index contributed by atoms with van der Waals surface area (Å²) in [6.07, 6.45) is 0. The monoisotopic (exact) mass is 355 g/mol. The molecule has 1 aliphatic heterocycles. The highest BCUT2D eigenvalue weighted by Crippen LogP contribution is 2.23. The number of benzene rings is 1. The summed E-state index contributed by atoms with van der Waals surface area (Å²) in [5, 5.41) is 5.21. The number of carbonyl (C=O) groups excluding carboxylic acids is 1. The smallest absolute Gasteiger partial charge is 0.254 e. The van der Waals surface area contributed by atoms with Gasteiger partial charge in [-0.15, -0.1) is 0 Å². The molecule has 0 unspecified atom stereocenters. The molecule has 0 saturated carbocycles. The molecule has 1 amide bonds. The molecule has 0 radical (unpaired) electrons. The summed E-state index contributed by atoms with van der Waals surface area (Å²) in [7, 11) is 0. The number of amides is 1. The average Bonchev–Trinajstić information content (AvgIpc) is 3.03. The molecule has 1 N–H and O–H groups in total. The fourth-order valence-corrected chi connectivity index (χ4v) is 3.66. The first-order valence-electron chi connectivity index (χ1n) is 7.22. The number of nitrogens with one attached hydrogen (secondary N) is 1. The summed E-state index contributed by atoms with van der Waals surface area (Å²) in [5.74, 6) is 0.0353. The van der Waals surface area contributed by atoms with Crippen LogP contribution in [0.2, 0.25) is 10.0 Å². The van der Waals surface area contributed by atoms with Gasteiger partial charge in [-0.05, 0) is 35.0 Å². The molecule has 1 aromatic heterocycles. The van der Waals surface area contributed by atoms with Crippen LogP contribution in [-0.2, 0) is 6.54 Å². The van der Waals surface area contributed by atoms with Crippen molar-refractivity contribution >= 4 is 40.4 Å². The maximum Gasteiger partial charge on any atom is 0.254 e. The lowest BCUT2D eigenvalue weighted by atomic mass is 10.1. The number of hydrogen-bond donors (Lipinski definition) is 1. The van der Waals surface area contributed by atoms with E-state index in [0.717, 1.165) is 32.7 Å². The highest BCUT2D eigenvalue weighted by atomic mass is 35.5. The Morgan fingerprint density at radius 1 is 1.18 bits per heavy atom. The number of carbonyl (C=O) groups is 1. The Labute approximate surface area is 144 Å². The van der Waals surface area contributed by atoms with Crippen molar-refractivity contribution in [3.05, 3.63) is 56.2 Å². The standard InChI is InChI=1S/C16H16Cl2N2OS/c17-14-2-1-13(9-15(14)18)16(21)20-6-4-19(5-7-20)10-12-3-8-22-11-12/h1-3,8-9,11H,4-7,10H2/p+1. The quantitative estimate of drug-likeness (QED) is 0.899. The van der Waals surface area contributed by atoms with Crippen LogP contribution in [0.1, 0.15) is 15.9 Å². The third-order valence-corrected chi connectivity index (χ3v) is 5.43. The molecule has 22 heavy (non-hydrogen) atoms. The van der Waals surface area contributed by atoms with Crippen LogP contribution in [0.4, 0.5) is 0 Å². The van der Waals surface area contributed by atoms with Crippen molar-refractivity contribution in [2.45, 2.75) is 6.54 Å². The van der Waals surface area contributed by atoms with E-state index in [1.807, 2.05) is 4.90 Å². The highest BCUT2D eigenvalue weighted by Gasteiger charge is 2.24. The SMILES string of the molecule is O=C(c1ccc(Cl)c(Cl)c1)N1CC[NH+](Cc2ccsc2)CC1. The van der Waals surface area contributed by atoms with E-state index in [1.165, 1.54) is 10.5 Å². The lowest BCUT2D eigenvalue weighted by Crippen LogP contribution is -3.13. The van der Waals surface area contributed by atoms with Crippen molar-refractivity contribution in [3.63, 3.8) is 0 Å². The van der Waals surface area contributed by atoms with Gasteiger partial charge in [0.2, 0.25) is 0 Å². The van der Waals surface area contributed by atoms with Crippen LogP contribution in [0.25, 0.3) is 0 Å². The van der Waals surface area contributed by atoms with Gasteiger partial charge in [0, 0.05) is 11.1 Å². The van der Waals surface area contributed by atoms with E-state index in [0.29, 0.717) is 15.6 Å². The molecule has 2 heterocycles. The summed E-state index contributed by atoms with van der Waals surface area (Å²) in [6, 6.07) is 7.23. The number of thiophene rings is 1. The van der Waals surface area contributed by atoms with E-state index in [-0.39, 0.29) is 5.91 Å². The molecule has 0 bridgehead atoms. The molecule has 3 nitrogen and oxygen atoms in total. The van der Waals surface area contributed by atoms with E-state index in [1.54, 1.807) is 29.5 Å². The molecule has 1 saturated heterocycles. The van der Waals surface area contributed by atoms with E-state index in [4.69, 9.17) is 23.2 Å². The Morgan fingerprint density at radius 3 is 2.59 bits per heavy atom. The van der Waals surface area contributed by atoms with Gasteiger partial charge in [-0.3, -0.25) is 4.79 Å². The van der Waals surface area contributed by atoms with Gasteiger partial charge >= 0.3 is 0 Å². The fourth-order valence-electron chi connectivity index (χ4n) is 2.70. The number of hydrogen-bond acceptors (Lipinski definition) is 2. The normalized spacial score (nSPS) is 16.0. The third kappa shape index (κ3) is 3.63. The Kier molecular flexibility index (Phi) is 5.03. The molecule has 1 aliphatic rings. The first-order valence-corrected chi connectivity index (χ1v) is 8.92. The predicted molar refractivity (Wildman–Crippen MR) is 91.1 cm³/mol. The summed E-state index contributed by atoms with van der Waals surface area (Å²) < 4.78 is 0. The minimum atomic E-state index is 0.0353. The molecule has 2 aromatic rings. The van der Waals surface area contributed by atoms with E-state index in [9.17, 15) is 4.79 Å². The van der Waals surface area contributed by atoms with Gasteiger partial charge in [0.15, 0.2) is 0 Å².